The third-order valence-electron chi connectivity index (χ3n) is 1.63. The first-order valence-electron chi connectivity index (χ1n) is 4.05. The lowest BCUT2D eigenvalue weighted by molar-refractivity contribution is 0.405. The van der Waals surface area contributed by atoms with Crippen molar-refractivity contribution in [1.82, 2.24) is 5.32 Å². The molecular formula is C8H20N2. The van der Waals surface area contributed by atoms with Gasteiger partial charge in [0.2, 0.25) is 0 Å². The molecule has 1 unspecified atom stereocenters. The van der Waals surface area contributed by atoms with Crippen LogP contribution in [0.1, 0.15) is 20.3 Å². The number of nitrogens with two attached hydrogens (primary N) is 1. The lowest BCUT2D eigenvalue weighted by Gasteiger charge is -2.15. The Morgan fingerprint density at radius 3 is 2.30 bits per heavy atom. The molecule has 0 saturated carbocycles. The van der Waals surface area contributed by atoms with Crippen molar-refractivity contribution in [2.45, 2.75) is 20.3 Å². The van der Waals surface area contributed by atoms with Gasteiger partial charge in [-0.3, -0.25) is 0 Å². The molecule has 0 aromatic heterocycles. The summed E-state index contributed by atoms with van der Waals surface area (Å²) in [4.78, 5) is 0. The predicted octanol–water partition coefficient (Wildman–Crippen LogP) is 0.827. The van der Waals surface area contributed by atoms with Crippen LogP contribution in [-0.4, -0.2) is 20.1 Å². The summed E-state index contributed by atoms with van der Waals surface area (Å²) in [5.74, 6) is 1.42. The average Bonchev–Trinajstić information content (AvgIpc) is 1.86. The first-order valence-corrected chi connectivity index (χ1v) is 4.05. The summed E-state index contributed by atoms with van der Waals surface area (Å²) in [7, 11) is 1.98. The van der Waals surface area contributed by atoms with Gasteiger partial charge in [-0.25, -0.2) is 0 Å². The zero-order chi connectivity index (χ0) is 7.98. The Hall–Kier alpha value is -0.0800. The largest absolute Gasteiger partial charge is 0.330 e. The molecule has 0 heterocycles. The molecule has 62 valence electrons. The molecule has 0 aromatic carbocycles. The van der Waals surface area contributed by atoms with Gasteiger partial charge in [-0.05, 0) is 38.4 Å². The van der Waals surface area contributed by atoms with Crippen molar-refractivity contribution in [1.29, 1.82) is 0 Å². The Morgan fingerprint density at radius 2 is 2.00 bits per heavy atom. The summed E-state index contributed by atoms with van der Waals surface area (Å²) in [5.41, 5.74) is 5.57. The molecule has 0 aromatic rings. The van der Waals surface area contributed by atoms with E-state index in [2.05, 4.69) is 19.2 Å². The number of nitrogens with one attached hydrogen (secondary N) is 1. The fraction of sp³-hybridized carbons (Fsp3) is 1.00. The lowest BCUT2D eigenvalue weighted by atomic mass is 9.97. The van der Waals surface area contributed by atoms with E-state index >= 15 is 0 Å². The van der Waals surface area contributed by atoms with Crippen LogP contribution >= 0.6 is 0 Å². The first kappa shape index (κ1) is 9.92. The molecule has 0 spiro atoms. The Bertz CT molecular complexity index is 71.7. The van der Waals surface area contributed by atoms with Gasteiger partial charge in [0.1, 0.15) is 0 Å². The molecule has 0 aliphatic heterocycles. The van der Waals surface area contributed by atoms with Crippen molar-refractivity contribution >= 4 is 0 Å². The zero-order valence-electron chi connectivity index (χ0n) is 7.35. The van der Waals surface area contributed by atoms with Gasteiger partial charge in [-0.15, -0.1) is 0 Å². The van der Waals surface area contributed by atoms with Crippen molar-refractivity contribution in [3.8, 4) is 0 Å². The molecule has 0 fully saturated rings. The minimum absolute atomic E-state index is 0.657. The van der Waals surface area contributed by atoms with Crippen LogP contribution in [0.2, 0.25) is 0 Å². The molecule has 10 heavy (non-hydrogen) atoms. The monoisotopic (exact) mass is 144 g/mol. The van der Waals surface area contributed by atoms with Crippen LogP contribution in [0.4, 0.5) is 0 Å². The van der Waals surface area contributed by atoms with E-state index in [9.17, 15) is 0 Å². The van der Waals surface area contributed by atoms with Gasteiger partial charge >= 0.3 is 0 Å². The smallest absolute Gasteiger partial charge is 0.00114 e. The lowest BCUT2D eigenvalue weighted by Crippen LogP contribution is -2.26. The van der Waals surface area contributed by atoms with Crippen molar-refractivity contribution in [2.75, 3.05) is 20.1 Å². The number of hydrogen-bond acceptors (Lipinski definition) is 2. The Morgan fingerprint density at radius 1 is 1.40 bits per heavy atom. The van der Waals surface area contributed by atoms with Crippen LogP contribution in [0.25, 0.3) is 0 Å². The third-order valence-corrected chi connectivity index (χ3v) is 1.63. The van der Waals surface area contributed by atoms with Crippen molar-refractivity contribution in [3.63, 3.8) is 0 Å². The van der Waals surface area contributed by atoms with Crippen LogP contribution < -0.4 is 11.1 Å². The minimum atomic E-state index is 0.657. The molecule has 2 nitrogen and oxygen atoms in total. The van der Waals surface area contributed by atoms with Gasteiger partial charge in [0, 0.05) is 0 Å². The maximum atomic E-state index is 5.57. The topological polar surface area (TPSA) is 38.0 Å². The summed E-state index contributed by atoms with van der Waals surface area (Å²) < 4.78 is 0. The number of rotatable bonds is 5. The van der Waals surface area contributed by atoms with E-state index in [1.165, 1.54) is 6.42 Å². The maximum absolute atomic E-state index is 5.57. The normalized spacial score (nSPS) is 14.1. The molecule has 0 amide bonds. The zero-order valence-corrected chi connectivity index (χ0v) is 7.35. The molecule has 0 radical (unpaired) electrons. The van der Waals surface area contributed by atoms with Crippen molar-refractivity contribution in [2.24, 2.45) is 17.6 Å². The van der Waals surface area contributed by atoms with E-state index in [-0.39, 0.29) is 0 Å². The van der Waals surface area contributed by atoms with Gasteiger partial charge in [-0.1, -0.05) is 13.8 Å². The van der Waals surface area contributed by atoms with Gasteiger partial charge in [-0.2, -0.15) is 0 Å². The highest BCUT2D eigenvalue weighted by Gasteiger charge is 2.06. The Balaban J connectivity index is 3.39. The van der Waals surface area contributed by atoms with Crippen LogP contribution in [0.5, 0.6) is 0 Å². The molecule has 0 bridgehead atoms. The molecule has 3 N–H and O–H groups in total. The highest BCUT2D eigenvalue weighted by atomic mass is 14.8. The van der Waals surface area contributed by atoms with Crippen LogP contribution in [-0.2, 0) is 0 Å². The quantitative estimate of drug-likeness (QED) is 0.599. The molecule has 2 heteroatoms. The van der Waals surface area contributed by atoms with E-state index in [4.69, 9.17) is 5.73 Å². The van der Waals surface area contributed by atoms with E-state index in [0.29, 0.717) is 5.92 Å². The number of hydrogen-bond donors (Lipinski definition) is 2. The molecule has 0 aliphatic rings. The minimum Gasteiger partial charge on any atom is -0.330 e. The Kier molecular flexibility index (Phi) is 5.64. The standard InChI is InChI=1S/C8H20N2/c1-7(2)4-8(5-9)6-10-3/h7-8,10H,4-6,9H2,1-3H3. The van der Waals surface area contributed by atoms with E-state index < -0.39 is 0 Å². The summed E-state index contributed by atoms with van der Waals surface area (Å²) in [5, 5.41) is 3.14. The summed E-state index contributed by atoms with van der Waals surface area (Å²) in [6.07, 6.45) is 1.23. The second kappa shape index (κ2) is 5.69. The molecule has 0 saturated heterocycles. The second-order valence-corrected chi connectivity index (χ2v) is 3.29. The fourth-order valence-corrected chi connectivity index (χ4v) is 1.22. The Labute approximate surface area is 64.2 Å². The van der Waals surface area contributed by atoms with Gasteiger partial charge in [0.15, 0.2) is 0 Å². The maximum Gasteiger partial charge on any atom is -0.00114 e. The van der Waals surface area contributed by atoms with Crippen molar-refractivity contribution in [3.05, 3.63) is 0 Å². The van der Waals surface area contributed by atoms with E-state index in [1.54, 1.807) is 0 Å². The van der Waals surface area contributed by atoms with Crippen LogP contribution in [0, 0.1) is 11.8 Å². The molecular weight excluding hydrogens is 124 g/mol. The molecule has 0 aliphatic carbocycles. The third kappa shape index (κ3) is 4.77. The van der Waals surface area contributed by atoms with E-state index in [0.717, 1.165) is 19.0 Å². The van der Waals surface area contributed by atoms with Gasteiger partial charge < -0.3 is 11.1 Å². The second-order valence-electron chi connectivity index (χ2n) is 3.29. The molecule has 0 rings (SSSR count). The average molecular weight is 144 g/mol. The SMILES string of the molecule is CNCC(CN)CC(C)C. The predicted molar refractivity (Wildman–Crippen MR) is 45.9 cm³/mol. The highest BCUT2D eigenvalue weighted by molar-refractivity contribution is 4.63. The van der Waals surface area contributed by atoms with Crippen LogP contribution in [0.3, 0.4) is 0 Å². The van der Waals surface area contributed by atoms with Crippen molar-refractivity contribution < 1.29 is 0 Å². The first-order chi connectivity index (χ1) is 4.70. The fourth-order valence-electron chi connectivity index (χ4n) is 1.22. The van der Waals surface area contributed by atoms with E-state index in [1.807, 2.05) is 7.05 Å². The molecule has 1 atom stereocenters. The van der Waals surface area contributed by atoms with Gasteiger partial charge in [0.25, 0.3) is 0 Å². The summed E-state index contributed by atoms with van der Waals surface area (Å²) >= 11 is 0. The summed E-state index contributed by atoms with van der Waals surface area (Å²) in [6.45, 7) is 6.32. The van der Waals surface area contributed by atoms with Crippen LogP contribution in [0.15, 0.2) is 0 Å². The summed E-state index contributed by atoms with van der Waals surface area (Å²) in [6, 6.07) is 0. The van der Waals surface area contributed by atoms with Gasteiger partial charge in [0.05, 0.1) is 0 Å². The highest BCUT2D eigenvalue weighted by Crippen LogP contribution is 2.08.